The molecule has 3 rings (SSSR count). The van der Waals surface area contributed by atoms with Gasteiger partial charge in [0.05, 0.1) is 11.8 Å². The van der Waals surface area contributed by atoms with Crippen molar-refractivity contribution in [1.82, 2.24) is 0 Å². The van der Waals surface area contributed by atoms with Gasteiger partial charge in [-0.2, -0.15) is 0 Å². The van der Waals surface area contributed by atoms with Crippen molar-refractivity contribution in [3.05, 3.63) is 24.2 Å². The molecule has 13 heavy (non-hydrogen) atoms. The Balaban J connectivity index is 1.75. The third-order valence-corrected chi connectivity index (χ3v) is 3.42. The summed E-state index contributed by atoms with van der Waals surface area (Å²) in [6.45, 7) is 0. The van der Waals surface area contributed by atoms with Gasteiger partial charge in [-0.1, -0.05) is 0 Å². The van der Waals surface area contributed by atoms with Crippen molar-refractivity contribution in [1.29, 1.82) is 0 Å². The van der Waals surface area contributed by atoms with Crippen LogP contribution in [0.5, 0.6) is 0 Å². The van der Waals surface area contributed by atoms with Crippen molar-refractivity contribution in [3.63, 3.8) is 0 Å². The van der Waals surface area contributed by atoms with Gasteiger partial charge in [-0.15, -0.1) is 0 Å². The van der Waals surface area contributed by atoms with Gasteiger partial charge in [0, 0.05) is 5.92 Å². The van der Waals surface area contributed by atoms with Crippen LogP contribution >= 0.6 is 0 Å². The van der Waals surface area contributed by atoms with E-state index in [1.54, 1.807) is 18.6 Å². The topological polar surface area (TPSA) is 30.2 Å². The first-order valence-corrected chi connectivity index (χ1v) is 4.91. The monoisotopic (exact) mass is 176 g/mol. The second-order valence-corrected chi connectivity index (χ2v) is 4.30. The standard InChI is InChI=1S/C11H12O2/c12-11(7-1-2-13-6-7)10-4-8-3-9(8)5-10/h1-2,6,8-10H,3-5H2. The van der Waals surface area contributed by atoms with Gasteiger partial charge in [0.15, 0.2) is 5.78 Å². The Morgan fingerprint density at radius 3 is 2.69 bits per heavy atom. The first-order chi connectivity index (χ1) is 6.34. The molecule has 2 saturated carbocycles. The molecule has 0 amide bonds. The predicted octanol–water partition coefficient (Wildman–Crippen LogP) is 2.51. The Bertz CT molecular complexity index is 316. The number of carbonyl (C=O) groups excluding carboxylic acids is 1. The van der Waals surface area contributed by atoms with E-state index in [2.05, 4.69) is 0 Å². The van der Waals surface area contributed by atoms with E-state index in [0.717, 1.165) is 30.2 Å². The number of hydrogen-bond acceptors (Lipinski definition) is 2. The molecule has 1 heterocycles. The van der Waals surface area contributed by atoms with Crippen LogP contribution in [0.4, 0.5) is 0 Å². The molecule has 0 aromatic carbocycles. The molecule has 1 aromatic heterocycles. The average Bonchev–Trinajstić information content (AvgIpc) is 2.63. The molecule has 0 saturated heterocycles. The fourth-order valence-corrected chi connectivity index (χ4v) is 2.57. The zero-order valence-corrected chi connectivity index (χ0v) is 7.40. The summed E-state index contributed by atoms with van der Waals surface area (Å²) in [6.07, 6.45) is 6.74. The summed E-state index contributed by atoms with van der Waals surface area (Å²) in [5.41, 5.74) is 0.756. The lowest BCUT2D eigenvalue weighted by Gasteiger charge is -2.07. The zero-order valence-electron chi connectivity index (χ0n) is 7.40. The van der Waals surface area contributed by atoms with Crippen molar-refractivity contribution < 1.29 is 9.21 Å². The molecule has 2 nitrogen and oxygen atoms in total. The first kappa shape index (κ1) is 7.36. The van der Waals surface area contributed by atoms with Crippen LogP contribution in [-0.4, -0.2) is 5.78 Å². The molecule has 2 unspecified atom stereocenters. The number of hydrogen-bond donors (Lipinski definition) is 0. The number of ketones is 1. The van der Waals surface area contributed by atoms with E-state index in [0.29, 0.717) is 11.7 Å². The summed E-state index contributed by atoms with van der Waals surface area (Å²) in [7, 11) is 0. The molecule has 0 spiro atoms. The second-order valence-electron chi connectivity index (χ2n) is 4.30. The quantitative estimate of drug-likeness (QED) is 0.648. The lowest BCUT2D eigenvalue weighted by atomic mass is 9.95. The molecular weight excluding hydrogens is 164 g/mol. The highest BCUT2D eigenvalue weighted by atomic mass is 16.3. The van der Waals surface area contributed by atoms with E-state index in [-0.39, 0.29) is 0 Å². The van der Waals surface area contributed by atoms with Gasteiger partial charge < -0.3 is 4.42 Å². The van der Waals surface area contributed by atoms with Crippen LogP contribution in [0.2, 0.25) is 0 Å². The SMILES string of the molecule is O=C(c1ccoc1)C1CC2CC2C1. The van der Waals surface area contributed by atoms with Crippen LogP contribution in [0.3, 0.4) is 0 Å². The lowest BCUT2D eigenvalue weighted by molar-refractivity contribution is 0.0914. The van der Waals surface area contributed by atoms with Gasteiger partial charge in [-0.25, -0.2) is 0 Å². The smallest absolute Gasteiger partial charge is 0.169 e. The minimum absolute atomic E-state index is 0.293. The zero-order chi connectivity index (χ0) is 8.84. The normalized spacial score (nSPS) is 35.8. The molecule has 0 N–H and O–H groups in total. The minimum Gasteiger partial charge on any atom is -0.472 e. The van der Waals surface area contributed by atoms with Gasteiger partial charge in [0.2, 0.25) is 0 Å². The molecule has 0 bridgehead atoms. The Kier molecular flexibility index (Phi) is 1.40. The van der Waals surface area contributed by atoms with Crippen molar-refractivity contribution in [3.8, 4) is 0 Å². The summed E-state index contributed by atoms with van der Waals surface area (Å²) >= 11 is 0. The summed E-state index contributed by atoms with van der Waals surface area (Å²) in [5.74, 6) is 2.34. The third-order valence-electron chi connectivity index (χ3n) is 3.42. The predicted molar refractivity (Wildman–Crippen MR) is 47.4 cm³/mol. The Morgan fingerprint density at radius 2 is 2.08 bits per heavy atom. The van der Waals surface area contributed by atoms with Gasteiger partial charge in [0.1, 0.15) is 6.26 Å². The fourth-order valence-electron chi connectivity index (χ4n) is 2.57. The van der Waals surface area contributed by atoms with E-state index < -0.39 is 0 Å². The van der Waals surface area contributed by atoms with E-state index in [9.17, 15) is 4.79 Å². The molecule has 2 fully saturated rings. The largest absolute Gasteiger partial charge is 0.472 e. The maximum Gasteiger partial charge on any atom is 0.169 e. The third kappa shape index (κ3) is 1.12. The molecule has 0 radical (unpaired) electrons. The number of Topliss-reactive ketones (excluding diaryl/α,β-unsaturated/α-hetero) is 1. The van der Waals surface area contributed by atoms with Crippen LogP contribution in [0, 0.1) is 17.8 Å². The van der Waals surface area contributed by atoms with Crippen LogP contribution < -0.4 is 0 Å². The van der Waals surface area contributed by atoms with Crippen molar-refractivity contribution in [2.75, 3.05) is 0 Å². The molecule has 2 aliphatic carbocycles. The highest BCUT2D eigenvalue weighted by molar-refractivity contribution is 5.97. The van der Waals surface area contributed by atoms with E-state index in [4.69, 9.17) is 4.42 Å². The number of rotatable bonds is 2. The van der Waals surface area contributed by atoms with Gasteiger partial charge in [-0.3, -0.25) is 4.79 Å². The van der Waals surface area contributed by atoms with Crippen LogP contribution in [0.1, 0.15) is 29.6 Å². The first-order valence-electron chi connectivity index (χ1n) is 4.91. The minimum atomic E-state index is 0.293. The number of fused-ring (bicyclic) bond motifs is 1. The van der Waals surface area contributed by atoms with E-state index in [1.807, 2.05) is 0 Å². The summed E-state index contributed by atoms with van der Waals surface area (Å²) in [4.78, 5) is 11.8. The van der Waals surface area contributed by atoms with Crippen LogP contribution in [-0.2, 0) is 0 Å². The molecule has 0 aliphatic heterocycles. The van der Waals surface area contributed by atoms with E-state index in [1.165, 1.54) is 6.42 Å². The van der Waals surface area contributed by atoms with Crippen LogP contribution in [0.15, 0.2) is 23.0 Å². The Hall–Kier alpha value is -1.05. The average molecular weight is 176 g/mol. The highest BCUT2D eigenvalue weighted by Crippen LogP contribution is 2.54. The molecule has 2 heteroatoms. The fraction of sp³-hybridized carbons (Fsp3) is 0.545. The number of carbonyl (C=O) groups is 1. The summed E-state index contributed by atoms with van der Waals surface area (Å²) in [5, 5.41) is 0. The van der Waals surface area contributed by atoms with E-state index >= 15 is 0 Å². The molecule has 68 valence electrons. The molecule has 2 atom stereocenters. The van der Waals surface area contributed by atoms with Gasteiger partial charge in [0.25, 0.3) is 0 Å². The lowest BCUT2D eigenvalue weighted by Crippen LogP contribution is -2.11. The second kappa shape index (κ2) is 2.47. The maximum absolute atomic E-state index is 11.8. The highest BCUT2D eigenvalue weighted by Gasteiger charge is 2.48. The van der Waals surface area contributed by atoms with Crippen molar-refractivity contribution in [2.24, 2.45) is 17.8 Å². The maximum atomic E-state index is 11.8. The van der Waals surface area contributed by atoms with Crippen molar-refractivity contribution >= 4 is 5.78 Å². The molecule has 1 aromatic rings. The van der Waals surface area contributed by atoms with Gasteiger partial charge >= 0.3 is 0 Å². The Labute approximate surface area is 76.9 Å². The molecular formula is C11H12O2. The van der Waals surface area contributed by atoms with Gasteiger partial charge in [-0.05, 0) is 37.2 Å². The summed E-state index contributed by atoms with van der Waals surface area (Å²) in [6, 6.07) is 1.77. The Morgan fingerprint density at radius 1 is 1.31 bits per heavy atom. The van der Waals surface area contributed by atoms with Crippen molar-refractivity contribution in [2.45, 2.75) is 19.3 Å². The van der Waals surface area contributed by atoms with Crippen LogP contribution in [0.25, 0.3) is 0 Å². The molecule has 2 aliphatic rings. The summed E-state index contributed by atoms with van der Waals surface area (Å²) < 4.78 is 4.91. The number of furan rings is 1.